The van der Waals surface area contributed by atoms with E-state index in [0.717, 1.165) is 53.9 Å². The molecule has 8 heteroatoms. The molecule has 2 saturated carbocycles. The molecule has 2 fully saturated rings. The van der Waals surface area contributed by atoms with Crippen molar-refractivity contribution in [1.82, 2.24) is 35.6 Å². The molecule has 0 saturated heterocycles. The van der Waals surface area contributed by atoms with E-state index < -0.39 is 0 Å². The molecule has 2 heterocycles. The van der Waals surface area contributed by atoms with E-state index in [0.29, 0.717) is 18.0 Å². The van der Waals surface area contributed by atoms with Gasteiger partial charge in [0, 0.05) is 48.8 Å². The van der Waals surface area contributed by atoms with Crippen LogP contribution in [-0.4, -0.2) is 56.2 Å². The Morgan fingerprint density at radius 2 is 1.62 bits per heavy atom. The molecular weight excluding hydrogens is 400 g/mol. The van der Waals surface area contributed by atoms with Gasteiger partial charge in [-0.1, -0.05) is 18.1 Å². The molecule has 0 amide bonds. The third-order valence-electron chi connectivity index (χ3n) is 7.08. The zero-order chi connectivity index (χ0) is 21.9. The lowest BCUT2D eigenvalue weighted by Gasteiger charge is -2.30. The van der Waals surface area contributed by atoms with E-state index in [1.165, 1.54) is 38.5 Å². The molecule has 2 aliphatic carbocycles. The molecule has 3 N–H and O–H groups in total. The number of fused-ring (bicyclic) bond motifs is 3. The summed E-state index contributed by atoms with van der Waals surface area (Å²) in [4.78, 5) is 9.47. The van der Waals surface area contributed by atoms with E-state index in [-0.39, 0.29) is 6.04 Å². The maximum Gasteiger partial charge on any atom is 0.223 e. The van der Waals surface area contributed by atoms with Crippen molar-refractivity contribution < 1.29 is 0 Å². The lowest BCUT2D eigenvalue weighted by atomic mass is 9.91. The monoisotopic (exact) mass is 436 g/mol. The highest BCUT2D eigenvalue weighted by atomic mass is 15.4. The first-order chi connectivity index (χ1) is 15.7. The Hall–Kier alpha value is -2.32. The molecule has 8 nitrogen and oxygen atoms in total. The van der Waals surface area contributed by atoms with Gasteiger partial charge in [-0.3, -0.25) is 0 Å². The van der Waals surface area contributed by atoms with Gasteiger partial charge in [-0.2, -0.15) is 0 Å². The maximum atomic E-state index is 4.88. The molecule has 2 aromatic heterocycles. The van der Waals surface area contributed by atoms with Gasteiger partial charge >= 0.3 is 0 Å². The van der Waals surface area contributed by atoms with Crippen molar-refractivity contribution in [2.45, 2.75) is 89.4 Å². The Balaban J connectivity index is 1.16. The lowest BCUT2D eigenvalue weighted by molar-refractivity contribution is 0.350. The molecule has 0 spiro atoms. The second-order valence-electron chi connectivity index (χ2n) is 9.78. The predicted molar refractivity (Wildman–Crippen MR) is 129 cm³/mol. The van der Waals surface area contributed by atoms with Crippen LogP contribution in [0.4, 0.5) is 5.95 Å². The normalized spacial score (nSPS) is 22.3. The average Bonchev–Trinajstić information content (AvgIpc) is 3.48. The Morgan fingerprint density at radius 3 is 2.34 bits per heavy atom. The average molecular weight is 437 g/mol. The van der Waals surface area contributed by atoms with E-state index in [1.54, 1.807) is 0 Å². The summed E-state index contributed by atoms with van der Waals surface area (Å²) in [6.45, 7) is 6.39. The maximum absolute atomic E-state index is 4.88. The highest BCUT2D eigenvalue weighted by Crippen LogP contribution is 2.26. The third kappa shape index (κ3) is 4.71. The number of benzene rings is 1. The van der Waals surface area contributed by atoms with E-state index in [1.807, 2.05) is 23.0 Å². The molecule has 32 heavy (non-hydrogen) atoms. The van der Waals surface area contributed by atoms with Gasteiger partial charge in [0.05, 0.1) is 0 Å². The smallest absolute Gasteiger partial charge is 0.223 e. The molecule has 2 aliphatic rings. The number of nitrogens with zero attached hydrogens (tertiary/aromatic N) is 5. The van der Waals surface area contributed by atoms with Crippen molar-refractivity contribution in [3.63, 3.8) is 0 Å². The van der Waals surface area contributed by atoms with E-state index in [2.05, 4.69) is 45.1 Å². The van der Waals surface area contributed by atoms with Crippen LogP contribution in [0.1, 0.15) is 71.3 Å². The number of hydrogen-bond donors (Lipinski definition) is 3. The molecule has 3 aromatic rings. The first-order valence-electron chi connectivity index (χ1n) is 12.4. The minimum absolute atomic E-state index is 0.230. The van der Waals surface area contributed by atoms with Gasteiger partial charge < -0.3 is 16.0 Å². The van der Waals surface area contributed by atoms with Crippen molar-refractivity contribution in [2.75, 3.05) is 18.4 Å². The van der Waals surface area contributed by atoms with Crippen LogP contribution in [-0.2, 0) is 0 Å². The second-order valence-corrected chi connectivity index (χ2v) is 9.78. The van der Waals surface area contributed by atoms with Crippen molar-refractivity contribution >= 4 is 27.9 Å². The summed E-state index contributed by atoms with van der Waals surface area (Å²) >= 11 is 0. The predicted octanol–water partition coefficient (Wildman–Crippen LogP) is 3.80. The number of anilines is 1. The van der Waals surface area contributed by atoms with Gasteiger partial charge in [0.25, 0.3) is 0 Å². The zero-order valence-corrected chi connectivity index (χ0v) is 19.3. The summed E-state index contributed by atoms with van der Waals surface area (Å²) < 4.78 is 1.95. The van der Waals surface area contributed by atoms with Crippen LogP contribution in [0.2, 0.25) is 0 Å². The Bertz CT molecular complexity index is 1030. The topological polar surface area (TPSA) is 92.6 Å². The minimum atomic E-state index is 0.230. The fourth-order valence-electron chi connectivity index (χ4n) is 5.26. The molecule has 172 valence electrons. The summed E-state index contributed by atoms with van der Waals surface area (Å²) in [7, 11) is 0. The summed E-state index contributed by atoms with van der Waals surface area (Å²) in [5.41, 5.74) is 2.79. The molecule has 0 atom stereocenters. The Kier molecular flexibility index (Phi) is 6.50. The fourth-order valence-corrected chi connectivity index (χ4v) is 5.26. The van der Waals surface area contributed by atoms with Gasteiger partial charge in [-0.15, -0.1) is 5.10 Å². The van der Waals surface area contributed by atoms with Crippen LogP contribution in [0.15, 0.2) is 18.3 Å². The molecule has 0 aliphatic heterocycles. The minimum Gasteiger partial charge on any atom is -0.351 e. The zero-order valence-electron chi connectivity index (χ0n) is 19.3. The summed E-state index contributed by atoms with van der Waals surface area (Å²) in [6.07, 6.45) is 12.1. The van der Waals surface area contributed by atoms with Crippen LogP contribution >= 0.6 is 0 Å². The van der Waals surface area contributed by atoms with E-state index in [9.17, 15) is 0 Å². The highest BCUT2D eigenvalue weighted by molar-refractivity contribution is 6.01. The van der Waals surface area contributed by atoms with Gasteiger partial charge in [0.15, 0.2) is 0 Å². The fraction of sp³-hybridized carbons (Fsp3) is 0.667. The van der Waals surface area contributed by atoms with E-state index >= 15 is 0 Å². The molecule has 0 unspecified atom stereocenters. The summed E-state index contributed by atoms with van der Waals surface area (Å²) in [6, 6.07) is 6.07. The van der Waals surface area contributed by atoms with Crippen LogP contribution in [0.3, 0.4) is 0 Å². The van der Waals surface area contributed by atoms with Crippen LogP contribution < -0.4 is 16.0 Å². The van der Waals surface area contributed by atoms with Crippen LogP contribution in [0, 0.1) is 0 Å². The van der Waals surface area contributed by atoms with Crippen molar-refractivity contribution in [3.8, 4) is 0 Å². The van der Waals surface area contributed by atoms with Crippen LogP contribution in [0.5, 0.6) is 0 Å². The molecule has 5 rings (SSSR count). The standard InChI is InChI=1S/C24H36N8/c1-16(2)32-23-21(30-31-32)12-7-17-15-27-24(29-22(17)23)28-20-10-8-19(9-11-20)26-14-13-25-18-5-3-4-6-18/h7,12,15-16,18-20,25-26H,3-6,8-11,13-14H2,1-2H3,(H,27,28,29). The highest BCUT2D eigenvalue weighted by Gasteiger charge is 2.22. The number of nitrogens with one attached hydrogen (secondary N) is 3. The van der Waals surface area contributed by atoms with Gasteiger partial charge in [-0.05, 0) is 64.5 Å². The lowest BCUT2D eigenvalue weighted by Crippen LogP contribution is -2.41. The number of rotatable bonds is 8. The summed E-state index contributed by atoms with van der Waals surface area (Å²) in [5.74, 6) is 0.707. The Labute approximate surface area is 190 Å². The van der Waals surface area contributed by atoms with Gasteiger partial charge in [0.2, 0.25) is 5.95 Å². The SMILES string of the molecule is CC(C)n1nnc2ccc3cnc(NC4CCC(NCCNC5CCCC5)CC4)nc3c21. The first kappa shape index (κ1) is 21.5. The third-order valence-corrected chi connectivity index (χ3v) is 7.08. The second kappa shape index (κ2) is 9.67. The molecule has 0 bridgehead atoms. The summed E-state index contributed by atoms with van der Waals surface area (Å²) in [5, 5.41) is 20.7. The van der Waals surface area contributed by atoms with Crippen molar-refractivity contribution in [3.05, 3.63) is 18.3 Å². The molecule has 1 aromatic carbocycles. The Morgan fingerprint density at radius 1 is 0.938 bits per heavy atom. The molecular formula is C24H36N8. The largest absolute Gasteiger partial charge is 0.351 e. The molecule has 0 radical (unpaired) electrons. The van der Waals surface area contributed by atoms with E-state index in [4.69, 9.17) is 4.98 Å². The van der Waals surface area contributed by atoms with Crippen molar-refractivity contribution in [2.24, 2.45) is 0 Å². The quantitative estimate of drug-likeness (QED) is 0.463. The number of hydrogen-bond acceptors (Lipinski definition) is 7. The van der Waals surface area contributed by atoms with Crippen LogP contribution in [0.25, 0.3) is 21.9 Å². The number of aromatic nitrogens is 5. The van der Waals surface area contributed by atoms with Gasteiger partial charge in [-0.25, -0.2) is 14.6 Å². The van der Waals surface area contributed by atoms with Crippen molar-refractivity contribution in [1.29, 1.82) is 0 Å². The first-order valence-corrected chi connectivity index (χ1v) is 12.4. The van der Waals surface area contributed by atoms with Gasteiger partial charge in [0.1, 0.15) is 16.6 Å².